The number of sulfonamides is 1. The molecule has 40 heavy (non-hydrogen) atoms. The van der Waals surface area contributed by atoms with Crippen molar-refractivity contribution in [3.63, 3.8) is 0 Å². The zero-order valence-corrected chi connectivity index (χ0v) is 25.1. The number of hydrogen-bond donors (Lipinski definition) is 1. The molecule has 7 nitrogen and oxygen atoms in total. The zero-order chi connectivity index (χ0) is 28.5. The lowest BCUT2D eigenvalue weighted by Crippen LogP contribution is -2.55. The van der Waals surface area contributed by atoms with Crippen molar-refractivity contribution in [3.05, 3.63) is 101 Å². The molecule has 1 fully saturated rings. The number of rotatable bonds is 11. The number of nitrogens with zero attached hydrogens (tertiary/aromatic N) is 2. The molecule has 0 aliphatic heterocycles. The third-order valence-corrected chi connectivity index (χ3v) is 8.82. The third kappa shape index (κ3) is 8.41. The van der Waals surface area contributed by atoms with Gasteiger partial charge in [0.05, 0.1) is 11.9 Å². The minimum absolute atomic E-state index is 0.0687. The normalized spacial score (nSPS) is 14.8. The highest BCUT2D eigenvalue weighted by Crippen LogP contribution is 2.22. The molecule has 212 valence electrons. The fraction of sp³-hybridized carbons (Fsp3) is 0.355. The molecule has 1 N–H and O–H groups in total. The lowest BCUT2D eigenvalue weighted by atomic mass is 9.94. The van der Waals surface area contributed by atoms with Crippen molar-refractivity contribution < 1.29 is 18.0 Å². The minimum atomic E-state index is -3.78. The second kappa shape index (κ2) is 13.9. The Kier molecular flexibility index (Phi) is 10.4. The largest absolute Gasteiger partial charge is 0.352 e. The Morgan fingerprint density at radius 1 is 0.900 bits per heavy atom. The van der Waals surface area contributed by atoms with Crippen LogP contribution >= 0.6 is 15.9 Å². The van der Waals surface area contributed by atoms with Crippen molar-refractivity contribution in [2.75, 3.05) is 17.1 Å². The summed E-state index contributed by atoms with van der Waals surface area (Å²) in [6.45, 7) is -0.265. The van der Waals surface area contributed by atoms with Crippen molar-refractivity contribution in [3.8, 4) is 0 Å². The van der Waals surface area contributed by atoms with E-state index in [0.717, 1.165) is 58.3 Å². The molecule has 1 atom stereocenters. The standard InChI is InChI=1S/C31H36BrN3O4S/c1-40(38,39)35(28-18-9-4-10-19-28)23-30(36)34(22-25-14-11-15-26(32)20-25)29(21-24-12-5-2-6-13-24)31(37)33-27-16-7-3-8-17-27/h2,4-6,9-15,18-20,27,29H,3,7-8,16-17,21-23H2,1H3,(H,33,37). The second-order valence-electron chi connectivity index (χ2n) is 10.3. The minimum Gasteiger partial charge on any atom is -0.352 e. The Labute approximate surface area is 245 Å². The number of carbonyl (C=O) groups is 2. The van der Waals surface area contributed by atoms with Gasteiger partial charge < -0.3 is 10.2 Å². The van der Waals surface area contributed by atoms with Gasteiger partial charge in [-0.1, -0.05) is 95.9 Å². The van der Waals surface area contributed by atoms with Crippen LogP contribution in [-0.2, 0) is 32.6 Å². The van der Waals surface area contributed by atoms with Gasteiger partial charge in [-0.25, -0.2) is 8.42 Å². The van der Waals surface area contributed by atoms with Gasteiger partial charge in [0.1, 0.15) is 12.6 Å². The zero-order valence-electron chi connectivity index (χ0n) is 22.7. The molecule has 4 rings (SSSR count). The summed E-state index contributed by atoms with van der Waals surface area (Å²) in [4.78, 5) is 29.6. The van der Waals surface area contributed by atoms with Gasteiger partial charge in [0, 0.05) is 23.5 Å². The summed E-state index contributed by atoms with van der Waals surface area (Å²) in [5.41, 5.74) is 2.14. The Hall–Kier alpha value is -3.17. The number of amides is 2. The molecular weight excluding hydrogens is 590 g/mol. The van der Waals surface area contributed by atoms with Crippen LogP contribution in [0.5, 0.6) is 0 Å². The molecule has 3 aromatic rings. The molecule has 3 aromatic carbocycles. The van der Waals surface area contributed by atoms with Crippen LogP contribution < -0.4 is 9.62 Å². The molecule has 2 amide bonds. The first-order valence-electron chi connectivity index (χ1n) is 13.6. The summed E-state index contributed by atoms with van der Waals surface area (Å²) in [5, 5.41) is 3.21. The Balaban J connectivity index is 1.71. The molecule has 0 aromatic heterocycles. The van der Waals surface area contributed by atoms with E-state index in [1.165, 1.54) is 4.90 Å². The monoisotopic (exact) mass is 625 g/mol. The maximum Gasteiger partial charge on any atom is 0.244 e. The van der Waals surface area contributed by atoms with Crippen molar-refractivity contribution in [1.82, 2.24) is 10.2 Å². The van der Waals surface area contributed by atoms with Crippen LogP contribution in [0.1, 0.15) is 43.2 Å². The van der Waals surface area contributed by atoms with Crippen LogP contribution in [-0.4, -0.2) is 50.0 Å². The first-order valence-corrected chi connectivity index (χ1v) is 16.3. The van der Waals surface area contributed by atoms with E-state index in [2.05, 4.69) is 21.2 Å². The molecule has 1 unspecified atom stereocenters. The van der Waals surface area contributed by atoms with E-state index in [1.54, 1.807) is 30.3 Å². The molecule has 0 bridgehead atoms. The average molecular weight is 627 g/mol. The molecule has 0 radical (unpaired) electrons. The quantitative estimate of drug-likeness (QED) is 0.313. The Morgan fingerprint density at radius 3 is 2.15 bits per heavy atom. The lowest BCUT2D eigenvalue weighted by molar-refractivity contribution is -0.140. The first-order chi connectivity index (χ1) is 19.2. The fourth-order valence-corrected chi connectivity index (χ4v) is 6.43. The van der Waals surface area contributed by atoms with E-state index < -0.39 is 28.5 Å². The summed E-state index contributed by atoms with van der Waals surface area (Å²) < 4.78 is 27.6. The van der Waals surface area contributed by atoms with E-state index in [4.69, 9.17) is 0 Å². The highest BCUT2D eigenvalue weighted by atomic mass is 79.9. The predicted octanol–water partition coefficient (Wildman–Crippen LogP) is 5.30. The number of hydrogen-bond acceptors (Lipinski definition) is 4. The number of benzene rings is 3. The van der Waals surface area contributed by atoms with E-state index in [9.17, 15) is 18.0 Å². The van der Waals surface area contributed by atoms with Crippen molar-refractivity contribution in [1.29, 1.82) is 0 Å². The number of halogens is 1. The highest BCUT2D eigenvalue weighted by molar-refractivity contribution is 9.10. The van der Waals surface area contributed by atoms with Crippen molar-refractivity contribution in [2.45, 2.75) is 57.2 Å². The summed E-state index contributed by atoms with van der Waals surface area (Å²) in [6, 6.07) is 25.0. The van der Waals surface area contributed by atoms with Crippen molar-refractivity contribution >= 4 is 43.5 Å². The molecule has 1 aliphatic carbocycles. The molecule has 9 heteroatoms. The number of para-hydroxylation sites is 1. The van der Waals surface area contributed by atoms with Crippen LogP contribution in [0.4, 0.5) is 5.69 Å². The van der Waals surface area contributed by atoms with Gasteiger partial charge in [0.2, 0.25) is 21.8 Å². The van der Waals surface area contributed by atoms with E-state index >= 15 is 0 Å². The summed E-state index contributed by atoms with van der Waals surface area (Å²) in [7, 11) is -3.78. The summed E-state index contributed by atoms with van der Waals surface area (Å²) in [5.74, 6) is -0.668. The topological polar surface area (TPSA) is 86.8 Å². The molecule has 0 spiro atoms. The molecule has 1 aliphatic rings. The molecule has 1 saturated carbocycles. The number of carbonyl (C=O) groups excluding carboxylic acids is 2. The van der Waals surface area contributed by atoms with Crippen LogP contribution in [0.2, 0.25) is 0 Å². The van der Waals surface area contributed by atoms with Gasteiger partial charge in [-0.3, -0.25) is 13.9 Å². The third-order valence-electron chi connectivity index (χ3n) is 7.19. The van der Waals surface area contributed by atoms with Crippen molar-refractivity contribution in [2.24, 2.45) is 0 Å². The predicted molar refractivity (Wildman–Crippen MR) is 162 cm³/mol. The van der Waals surface area contributed by atoms with Gasteiger partial charge >= 0.3 is 0 Å². The smallest absolute Gasteiger partial charge is 0.244 e. The molecule has 0 heterocycles. The first kappa shape index (κ1) is 29.8. The number of anilines is 1. The average Bonchev–Trinajstić information content (AvgIpc) is 2.94. The van der Waals surface area contributed by atoms with Gasteiger partial charge in [-0.15, -0.1) is 0 Å². The van der Waals surface area contributed by atoms with Crippen LogP contribution in [0.25, 0.3) is 0 Å². The van der Waals surface area contributed by atoms with Gasteiger partial charge in [0.15, 0.2) is 0 Å². The summed E-state index contributed by atoms with van der Waals surface area (Å²) >= 11 is 3.50. The van der Waals surface area contributed by atoms with Crippen LogP contribution in [0.15, 0.2) is 89.4 Å². The van der Waals surface area contributed by atoms with Gasteiger partial charge in [-0.05, 0) is 48.2 Å². The maximum atomic E-state index is 14.1. The summed E-state index contributed by atoms with van der Waals surface area (Å²) in [6.07, 6.45) is 6.52. The molecule has 0 saturated heterocycles. The maximum absolute atomic E-state index is 14.1. The SMILES string of the molecule is CS(=O)(=O)N(CC(=O)N(Cc1cccc(Br)c1)C(Cc1ccccc1)C(=O)NC1CCCCC1)c1ccccc1. The van der Waals surface area contributed by atoms with E-state index in [-0.39, 0.29) is 18.5 Å². The van der Waals surface area contributed by atoms with E-state index in [0.29, 0.717) is 12.1 Å². The molecular formula is C31H36BrN3O4S. The number of nitrogens with one attached hydrogen (secondary N) is 1. The van der Waals surface area contributed by atoms with Gasteiger partial charge in [0.25, 0.3) is 0 Å². The fourth-order valence-electron chi connectivity index (χ4n) is 5.14. The second-order valence-corrected chi connectivity index (χ2v) is 13.1. The van der Waals surface area contributed by atoms with Crippen LogP contribution in [0, 0.1) is 0 Å². The van der Waals surface area contributed by atoms with Gasteiger partial charge in [-0.2, -0.15) is 0 Å². The Morgan fingerprint density at radius 2 is 1.52 bits per heavy atom. The highest BCUT2D eigenvalue weighted by Gasteiger charge is 2.34. The Bertz CT molecular complexity index is 1380. The lowest BCUT2D eigenvalue weighted by Gasteiger charge is -2.35. The van der Waals surface area contributed by atoms with E-state index in [1.807, 2.05) is 54.6 Å². The van der Waals surface area contributed by atoms with Crippen LogP contribution in [0.3, 0.4) is 0 Å².